The van der Waals surface area contributed by atoms with Crippen LogP contribution in [0.25, 0.3) is 11.0 Å². The predicted molar refractivity (Wildman–Crippen MR) is 102 cm³/mol. The molecule has 2 heterocycles. The van der Waals surface area contributed by atoms with Crippen molar-refractivity contribution in [3.8, 4) is 0 Å². The highest BCUT2D eigenvalue weighted by Crippen LogP contribution is 2.26. The zero-order valence-electron chi connectivity index (χ0n) is 15.7. The highest BCUT2D eigenvalue weighted by molar-refractivity contribution is 5.96. The molecule has 3 rings (SSSR count). The van der Waals surface area contributed by atoms with E-state index in [1.807, 2.05) is 19.1 Å². The molecule has 2 aromatic rings. The van der Waals surface area contributed by atoms with Crippen molar-refractivity contribution in [3.63, 3.8) is 0 Å². The molecule has 1 N–H and O–H groups in total. The number of carbonyl (C=O) groups excluding carboxylic acids is 1. The van der Waals surface area contributed by atoms with Crippen LogP contribution in [0.15, 0.2) is 28.7 Å². The number of hydrogen-bond donors (Lipinski definition) is 1. The van der Waals surface area contributed by atoms with Crippen molar-refractivity contribution in [1.29, 1.82) is 0 Å². The average molecular weight is 343 g/mol. The molecule has 1 aromatic heterocycles. The first kappa shape index (κ1) is 17.8. The zero-order chi connectivity index (χ0) is 18.0. The van der Waals surface area contributed by atoms with Crippen molar-refractivity contribution in [3.05, 3.63) is 30.0 Å². The van der Waals surface area contributed by atoms with Gasteiger partial charge in [-0.2, -0.15) is 0 Å². The van der Waals surface area contributed by atoms with E-state index in [0.29, 0.717) is 11.7 Å². The summed E-state index contributed by atoms with van der Waals surface area (Å²) in [6, 6.07) is 8.18. The van der Waals surface area contributed by atoms with Gasteiger partial charge in [-0.05, 0) is 44.5 Å². The maximum atomic E-state index is 12.4. The number of anilines is 1. The van der Waals surface area contributed by atoms with Crippen LogP contribution < -0.4 is 10.2 Å². The molecule has 1 saturated heterocycles. The van der Waals surface area contributed by atoms with Crippen LogP contribution in [0.5, 0.6) is 0 Å². The molecular formula is C20H29N3O2. The molecule has 1 aliphatic heterocycles. The summed E-state index contributed by atoms with van der Waals surface area (Å²) in [4.78, 5) is 17.1. The number of piperazine rings is 1. The first-order chi connectivity index (χ1) is 11.9. The van der Waals surface area contributed by atoms with Gasteiger partial charge in [0.1, 0.15) is 5.58 Å². The quantitative estimate of drug-likeness (QED) is 0.904. The molecular weight excluding hydrogens is 314 g/mol. The lowest BCUT2D eigenvalue weighted by Gasteiger charge is -2.33. The number of benzene rings is 1. The molecule has 1 atom stereocenters. The SMILES string of the molecule is CC(C)C[C@@H](C)NC(=O)c1cc2ccc(N3CCN(C)CC3)cc2o1. The van der Waals surface area contributed by atoms with Crippen LogP contribution in [0.4, 0.5) is 5.69 Å². The Kier molecular flexibility index (Phi) is 5.33. The lowest BCUT2D eigenvalue weighted by molar-refractivity contribution is 0.0910. The molecule has 0 bridgehead atoms. The standard InChI is InChI=1S/C20H29N3O2/c1-14(2)11-15(3)21-20(24)19-12-16-5-6-17(13-18(16)25-19)23-9-7-22(4)8-10-23/h5-6,12-15H,7-11H2,1-4H3,(H,21,24)/t15-/m1/s1. The van der Waals surface area contributed by atoms with Crippen LogP contribution in [-0.4, -0.2) is 50.1 Å². The molecule has 1 amide bonds. The van der Waals surface area contributed by atoms with Crippen LogP contribution >= 0.6 is 0 Å². The van der Waals surface area contributed by atoms with Crippen molar-refractivity contribution in [1.82, 2.24) is 10.2 Å². The van der Waals surface area contributed by atoms with E-state index in [-0.39, 0.29) is 11.9 Å². The highest BCUT2D eigenvalue weighted by atomic mass is 16.3. The molecule has 0 unspecified atom stereocenters. The average Bonchev–Trinajstić information content (AvgIpc) is 2.98. The summed E-state index contributed by atoms with van der Waals surface area (Å²) >= 11 is 0. The van der Waals surface area contributed by atoms with Crippen molar-refractivity contribution >= 4 is 22.6 Å². The van der Waals surface area contributed by atoms with Crippen molar-refractivity contribution < 1.29 is 9.21 Å². The van der Waals surface area contributed by atoms with Gasteiger partial charge >= 0.3 is 0 Å². The van der Waals surface area contributed by atoms with Crippen LogP contribution in [0.1, 0.15) is 37.7 Å². The van der Waals surface area contributed by atoms with Crippen molar-refractivity contribution in [2.24, 2.45) is 5.92 Å². The van der Waals surface area contributed by atoms with Gasteiger partial charge in [0.2, 0.25) is 0 Å². The van der Waals surface area contributed by atoms with Crippen LogP contribution in [0.2, 0.25) is 0 Å². The Morgan fingerprint density at radius 1 is 1.16 bits per heavy atom. The van der Waals surface area contributed by atoms with E-state index in [9.17, 15) is 4.79 Å². The van der Waals surface area contributed by atoms with E-state index in [1.165, 1.54) is 0 Å². The monoisotopic (exact) mass is 343 g/mol. The molecule has 25 heavy (non-hydrogen) atoms. The van der Waals surface area contributed by atoms with E-state index in [4.69, 9.17) is 4.42 Å². The molecule has 0 radical (unpaired) electrons. The third-order valence-corrected chi connectivity index (χ3v) is 4.80. The Morgan fingerprint density at radius 2 is 1.88 bits per heavy atom. The van der Waals surface area contributed by atoms with Gasteiger partial charge in [0.15, 0.2) is 5.76 Å². The third kappa shape index (κ3) is 4.34. The Labute approximate surface area is 150 Å². The van der Waals surface area contributed by atoms with E-state index in [0.717, 1.165) is 49.3 Å². The highest BCUT2D eigenvalue weighted by Gasteiger charge is 2.18. The second-order valence-corrected chi connectivity index (χ2v) is 7.63. The fourth-order valence-electron chi connectivity index (χ4n) is 3.45. The van der Waals surface area contributed by atoms with Gasteiger partial charge in [0, 0.05) is 49.4 Å². The van der Waals surface area contributed by atoms with Gasteiger partial charge in [-0.15, -0.1) is 0 Å². The predicted octanol–water partition coefficient (Wildman–Crippen LogP) is 3.35. The zero-order valence-corrected chi connectivity index (χ0v) is 15.7. The van der Waals surface area contributed by atoms with E-state index < -0.39 is 0 Å². The molecule has 0 spiro atoms. The fraction of sp³-hybridized carbons (Fsp3) is 0.550. The molecule has 1 aliphatic rings. The van der Waals surface area contributed by atoms with Crippen LogP contribution in [0, 0.1) is 5.92 Å². The number of hydrogen-bond acceptors (Lipinski definition) is 4. The second kappa shape index (κ2) is 7.48. The summed E-state index contributed by atoms with van der Waals surface area (Å²) < 4.78 is 5.84. The summed E-state index contributed by atoms with van der Waals surface area (Å²) in [5, 5.41) is 3.99. The second-order valence-electron chi connectivity index (χ2n) is 7.63. The van der Waals surface area contributed by atoms with Gasteiger partial charge in [-0.1, -0.05) is 13.8 Å². The number of nitrogens with one attached hydrogen (secondary N) is 1. The minimum Gasteiger partial charge on any atom is -0.451 e. The Bertz CT molecular complexity index is 730. The summed E-state index contributed by atoms with van der Waals surface area (Å²) in [6.45, 7) is 10.5. The number of amides is 1. The minimum absolute atomic E-state index is 0.134. The molecule has 0 saturated carbocycles. The number of furan rings is 1. The molecule has 1 fully saturated rings. The first-order valence-corrected chi connectivity index (χ1v) is 9.20. The summed E-state index contributed by atoms with van der Waals surface area (Å²) in [7, 11) is 2.15. The van der Waals surface area contributed by atoms with Crippen molar-refractivity contribution in [2.45, 2.75) is 33.2 Å². The van der Waals surface area contributed by atoms with E-state index in [2.05, 4.69) is 48.1 Å². The molecule has 1 aromatic carbocycles. The number of carbonyl (C=O) groups is 1. The van der Waals surface area contributed by atoms with Gasteiger partial charge in [-0.25, -0.2) is 0 Å². The number of rotatable bonds is 5. The topological polar surface area (TPSA) is 48.7 Å². The third-order valence-electron chi connectivity index (χ3n) is 4.80. The summed E-state index contributed by atoms with van der Waals surface area (Å²) in [6.07, 6.45) is 0.958. The maximum Gasteiger partial charge on any atom is 0.287 e. The molecule has 136 valence electrons. The Morgan fingerprint density at radius 3 is 2.56 bits per heavy atom. The fourth-order valence-corrected chi connectivity index (χ4v) is 3.45. The van der Waals surface area contributed by atoms with Crippen LogP contribution in [-0.2, 0) is 0 Å². The summed E-state index contributed by atoms with van der Waals surface area (Å²) in [5.74, 6) is 0.809. The lowest BCUT2D eigenvalue weighted by atomic mass is 10.1. The molecule has 5 nitrogen and oxygen atoms in total. The van der Waals surface area contributed by atoms with E-state index in [1.54, 1.807) is 0 Å². The normalized spacial score (nSPS) is 17.2. The number of likely N-dealkylation sites (N-methyl/N-ethyl adjacent to an activating group) is 1. The van der Waals surface area contributed by atoms with Gasteiger partial charge < -0.3 is 19.5 Å². The summed E-state index contributed by atoms with van der Waals surface area (Å²) in [5.41, 5.74) is 1.94. The van der Waals surface area contributed by atoms with Crippen molar-refractivity contribution in [2.75, 3.05) is 38.1 Å². The maximum absolute atomic E-state index is 12.4. The largest absolute Gasteiger partial charge is 0.451 e. The molecule has 5 heteroatoms. The number of nitrogens with zero attached hydrogens (tertiary/aromatic N) is 2. The Balaban J connectivity index is 1.73. The Hall–Kier alpha value is -2.01. The smallest absolute Gasteiger partial charge is 0.287 e. The number of fused-ring (bicyclic) bond motifs is 1. The van der Waals surface area contributed by atoms with E-state index >= 15 is 0 Å². The first-order valence-electron chi connectivity index (χ1n) is 9.20. The molecule has 0 aliphatic carbocycles. The van der Waals surface area contributed by atoms with Gasteiger partial charge in [0.25, 0.3) is 5.91 Å². The lowest BCUT2D eigenvalue weighted by Crippen LogP contribution is -2.44. The minimum atomic E-state index is -0.134. The van der Waals surface area contributed by atoms with Gasteiger partial charge in [0.05, 0.1) is 0 Å². The van der Waals surface area contributed by atoms with Gasteiger partial charge in [-0.3, -0.25) is 4.79 Å². The van der Waals surface area contributed by atoms with Crippen LogP contribution in [0.3, 0.4) is 0 Å².